The van der Waals surface area contributed by atoms with Crippen molar-refractivity contribution >= 4 is 17.7 Å². The summed E-state index contributed by atoms with van der Waals surface area (Å²) in [7, 11) is 0. The Labute approximate surface area is 206 Å². The van der Waals surface area contributed by atoms with E-state index in [4.69, 9.17) is 14.3 Å². The molecule has 0 atom stereocenters. The summed E-state index contributed by atoms with van der Waals surface area (Å²) in [6, 6.07) is 11.7. The number of carbonyl (C=O) groups is 2. The minimum atomic E-state index is -4.38. The molecule has 2 amide bonds. The maximum atomic E-state index is 12.6. The number of ether oxygens (including phenoxy) is 2. The van der Waals surface area contributed by atoms with Crippen LogP contribution in [0.25, 0.3) is 0 Å². The highest BCUT2D eigenvalue weighted by atomic mass is 19.4. The monoisotopic (exact) mass is 505 g/mol. The maximum Gasteiger partial charge on any atom is 0.416 e. The van der Waals surface area contributed by atoms with Gasteiger partial charge in [0.15, 0.2) is 6.61 Å². The van der Waals surface area contributed by atoms with E-state index in [0.29, 0.717) is 49.5 Å². The van der Waals surface area contributed by atoms with E-state index in [9.17, 15) is 22.8 Å². The number of hydrogen-bond acceptors (Lipinski definition) is 6. The average molecular weight is 505 g/mol. The molecule has 1 N–H and O–H groups in total. The Hall–Kier alpha value is -3.76. The van der Waals surface area contributed by atoms with Gasteiger partial charge in [0.2, 0.25) is 0 Å². The van der Waals surface area contributed by atoms with Gasteiger partial charge in [-0.3, -0.25) is 4.79 Å². The minimum Gasteiger partial charge on any atom is -0.484 e. The Morgan fingerprint density at radius 1 is 1.11 bits per heavy atom. The molecule has 4 rings (SSSR count). The molecule has 2 aromatic carbocycles. The van der Waals surface area contributed by atoms with Gasteiger partial charge in [0.05, 0.1) is 17.8 Å². The second-order valence-corrected chi connectivity index (χ2v) is 8.76. The number of piperidine rings is 1. The Morgan fingerprint density at radius 3 is 2.36 bits per heavy atom. The van der Waals surface area contributed by atoms with Crippen LogP contribution in [0.15, 0.2) is 53.7 Å². The van der Waals surface area contributed by atoms with Crippen LogP contribution in [0, 0.1) is 0 Å². The molecule has 2 saturated heterocycles. The lowest BCUT2D eigenvalue weighted by Crippen LogP contribution is -2.49. The van der Waals surface area contributed by atoms with Crippen molar-refractivity contribution in [3.8, 4) is 5.75 Å². The van der Waals surface area contributed by atoms with Crippen molar-refractivity contribution < 1.29 is 37.1 Å². The summed E-state index contributed by atoms with van der Waals surface area (Å²) in [5.41, 5.74) is 0.688. The summed E-state index contributed by atoms with van der Waals surface area (Å²) in [6.07, 6.45) is -3.61. The first kappa shape index (κ1) is 25.3. The van der Waals surface area contributed by atoms with Gasteiger partial charge in [0.1, 0.15) is 18.0 Å². The third-order valence-corrected chi connectivity index (χ3v) is 6.24. The van der Waals surface area contributed by atoms with E-state index in [1.807, 2.05) is 0 Å². The smallest absolute Gasteiger partial charge is 0.416 e. The van der Waals surface area contributed by atoms with E-state index in [1.165, 1.54) is 12.1 Å². The predicted octanol–water partition coefficient (Wildman–Crippen LogP) is 4.13. The first-order valence-corrected chi connectivity index (χ1v) is 11.4. The summed E-state index contributed by atoms with van der Waals surface area (Å²) in [4.78, 5) is 30.8. The first-order valence-electron chi connectivity index (χ1n) is 11.4. The number of amides is 2. The molecule has 0 unspecified atom stereocenters. The molecule has 0 aromatic heterocycles. The molecule has 2 aliphatic rings. The minimum absolute atomic E-state index is 0.0371. The number of alkyl halides is 3. The molecule has 2 aliphatic heterocycles. The Kier molecular flexibility index (Phi) is 7.37. The molecule has 0 saturated carbocycles. The molecule has 8 nitrogen and oxygen atoms in total. The number of hydrogen-bond donors (Lipinski definition) is 1. The lowest BCUT2D eigenvalue weighted by molar-refractivity contribution is -0.138. The number of alkyl carbamates (subject to hydrolysis) is 1. The van der Waals surface area contributed by atoms with Crippen LogP contribution in [0.1, 0.15) is 36.5 Å². The lowest BCUT2D eigenvalue weighted by Gasteiger charge is -2.37. The quantitative estimate of drug-likeness (QED) is 0.452. The number of oxime groups is 1. The number of rotatable bonds is 7. The summed E-state index contributed by atoms with van der Waals surface area (Å²) >= 11 is 0. The van der Waals surface area contributed by atoms with Gasteiger partial charge in [-0.25, -0.2) is 4.79 Å². The van der Waals surface area contributed by atoms with Crippen molar-refractivity contribution in [1.29, 1.82) is 0 Å². The van der Waals surface area contributed by atoms with Crippen LogP contribution in [0.5, 0.6) is 5.75 Å². The van der Waals surface area contributed by atoms with Gasteiger partial charge in [-0.15, -0.1) is 0 Å². The zero-order valence-electron chi connectivity index (χ0n) is 19.6. The molecule has 2 heterocycles. The van der Waals surface area contributed by atoms with Gasteiger partial charge in [0, 0.05) is 25.9 Å². The second kappa shape index (κ2) is 10.5. The van der Waals surface area contributed by atoms with Gasteiger partial charge < -0.3 is 24.5 Å². The fraction of sp³-hybridized carbons (Fsp3) is 0.400. The van der Waals surface area contributed by atoms with Gasteiger partial charge in [-0.05, 0) is 54.4 Å². The molecule has 192 valence electrons. The van der Waals surface area contributed by atoms with Crippen LogP contribution >= 0.6 is 0 Å². The third-order valence-electron chi connectivity index (χ3n) is 6.24. The number of likely N-dealkylation sites (tertiary alicyclic amines) is 1. The standard InChI is InChI=1S/C25H26F3N3O5/c1-17(30-35-14-18-2-6-20(7-3-18)25(26,27)28)19-4-8-21(9-5-19)34-15-22(32)31-12-10-24(11-13-31)16-29-23(33)36-24/h2-9H,10-16H2,1H3,(H,29,33). The van der Waals surface area contributed by atoms with Crippen molar-refractivity contribution in [2.75, 3.05) is 26.2 Å². The zero-order valence-corrected chi connectivity index (χ0v) is 19.6. The van der Waals surface area contributed by atoms with Crippen LogP contribution in [-0.2, 0) is 27.2 Å². The average Bonchev–Trinajstić information content (AvgIpc) is 3.22. The SMILES string of the molecule is CC(=NOCc1ccc(C(F)(F)F)cc1)c1ccc(OCC(=O)N2CCC3(CC2)CNC(=O)O3)cc1. The van der Waals surface area contributed by atoms with Gasteiger partial charge in [-0.1, -0.05) is 17.3 Å². The Morgan fingerprint density at radius 2 is 1.78 bits per heavy atom. The maximum absolute atomic E-state index is 12.6. The van der Waals surface area contributed by atoms with Crippen molar-refractivity contribution in [2.45, 2.75) is 38.1 Å². The Balaban J connectivity index is 1.21. The molecule has 0 radical (unpaired) electrons. The summed E-state index contributed by atoms with van der Waals surface area (Å²) in [5.74, 6) is 0.383. The van der Waals surface area contributed by atoms with Crippen molar-refractivity contribution in [3.05, 3.63) is 65.2 Å². The second-order valence-electron chi connectivity index (χ2n) is 8.76. The van der Waals surface area contributed by atoms with E-state index in [-0.39, 0.29) is 19.1 Å². The topological polar surface area (TPSA) is 89.5 Å². The lowest BCUT2D eigenvalue weighted by atomic mass is 9.91. The first-order chi connectivity index (χ1) is 17.1. The number of nitrogens with one attached hydrogen (secondary N) is 1. The number of nitrogens with zero attached hydrogens (tertiary/aromatic N) is 2. The van der Waals surface area contributed by atoms with Crippen LogP contribution in [0.4, 0.5) is 18.0 Å². The van der Waals surface area contributed by atoms with Crippen LogP contribution in [-0.4, -0.2) is 54.5 Å². The van der Waals surface area contributed by atoms with Crippen molar-refractivity contribution in [2.24, 2.45) is 5.16 Å². The zero-order chi connectivity index (χ0) is 25.8. The van der Waals surface area contributed by atoms with Crippen LogP contribution in [0.2, 0.25) is 0 Å². The number of halogens is 3. The normalized spacial score (nSPS) is 17.5. The van der Waals surface area contributed by atoms with E-state index >= 15 is 0 Å². The molecule has 1 spiro atoms. The predicted molar refractivity (Wildman–Crippen MR) is 123 cm³/mol. The fourth-order valence-corrected chi connectivity index (χ4v) is 4.02. The molecule has 11 heteroatoms. The molecule has 0 bridgehead atoms. The van der Waals surface area contributed by atoms with Crippen molar-refractivity contribution in [1.82, 2.24) is 10.2 Å². The molecular weight excluding hydrogens is 479 g/mol. The van der Waals surface area contributed by atoms with E-state index in [2.05, 4.69) is 10.5 Å². The molecule has 2 fully saturated rings. The third kappa shape index (κ3) is 6.27. The molecule has 36 heavy (non-hydrogen) atoms. The van der Waals surface area contributed by atoms with E-state index in [1.54, 1.807) is 36.1 Å². The van der Waals surface area contributed by atoms with Gasteiger partial charge in [-0.2, -0.15) is 13.2 Å². The summed E-state index contributed by atoms with van der Waals surface area (Å²) < 4.78 is 48.9. The van der Waals surface area contributed by atoms with Crippen LogP contribution < -0.4 is 10.1 Å². The highest BCUT2D eigenvalue weighted by Gasteiger charge is 2.43. The summed E-state index contributed by atoms with van der Waals surface area (Å²) in [5, 5.41) is 6.69. The van der Waals surface area contributed by atoms with E-state index < -0.39 is 23.4 Å². The number of carbonyl (C=O) groups excluding carboxylic acids is 2. The number of benzene rings is 2. The van der Waals surface area contributed by atoms with Crippen molar-refractivity contribution in [3.63, 3.8) is 0 Å². The molecular formula is C25H26F3N3O5. The van der Waals surface area contributed by atoms with Crippen LogP contribution in [0.3, 0.4) is 0 Å². The molecule has 0 aliphatic carbocycles. The largest absolute Gasteiger partial charge is 0.484 e. The van der Waals surface area contributed by atoms with Gasteiger partial charge in [0.25, 0.3) is 5.91 Å². The fourth-order valence-electron chi connectivity index (χ4n) is 4.02. The molecule has 2 aromatic rings. The summed E-state index contributed by atoms with van der Waals surface area (Å²) in [6.45, 7) is 3.14. The highest BCUT2D eigenvalue weighted by molar-refractivity contribution is 5.98. The van der Waals surface area contributed by atoms with Gasteiger partial charge >= 0.3 is 12.3 Å². The Bertz CT molecular complexity index is 1110. The van der Waals surface area contributed by atoms with E-state index in [0.717, 1.165) is 17.7 Å². The highest BCUT2D eigenvalue weighted by Crippen LogP contribution is 2.30.